The number of halogens is 1. The van der Waals surface area contributed by atoms with Gasteiger partial charge in [0.2, 0.25) is 5.91 Å². The van der Waals surface area contributed by atoms with Crippen molar-refractivity contribution >= 4 is 11.8 Å². The van der Waals surface area contributed by atoms with E-state index < -0.39 is 0 Å². The van der Waals surface area contributed by atoms with Crippen LogP contribution in [0.1, 0.15) is 48.5 Å². The number of rotatable bonds is 5. The Morgan fingerprint density at radius 3 is 2.87 bits per heavy atom. The van der Waals surface area contributed by atoms with E-state index in [1.165, 1.54) is 6.07 Å². The molecule has 126 valence electrons. The van der Waals surface area contributed by atoms with Crippen LogP contribution in [0.3, 0.4) is 0 Å². The van der Waals surface area contributed by atoms with Gasteiger partial charge >= 0.3 is 0 Å². The highest BCUT2D eigenvalue weighted by molar-refractivity contribution is 5.94. The Morgan fingerprint density at radius 1 is 1.39 bits per heavy atom. The molecule has 2 rings (SSSR count). The van der Waals surface area contributed by atoms with Crippen molar-refractivity contribution in [2.24, 2.45) is 5.92 Å². The number of piperidine rings is 1. The molecule has 0 unspecified atom stereocenters. The summed E-state index contributed by atoms with van der Waals surface area (Å²) in [6, 6.07) is 4.62. The van der Waals surface area contributed by atoms with Crippen molar-refractivity contribution < 1.29 is 14.0 Å². The predicted molar refractivity (Wildman–Crippen MR) is 87.7 cm³/mol. The summed E-state index contributed by atoms with van der Waals surface area (Å²) < 4.78 is 13.6. The lowest BCUT2D eigenvalue weighted by Gasteiger charge is -2.33. The molecule has 0 radical (unpaired) electrons. The van der Waals surface area contributed by atoms with Gasteiger partial charge in [0.15, 0.2) is 0 Å². The molecule has 5 heteroatoms. The largest absolute Gasteiger partial charge is 0.356 e. The first-order valence-electron chi connectivity index (χ1n) is 8.33. The minimum absolute atomic E-state index is 0.0663. The van der Waals surface area contributed by atoms with Crippen LogP contribution >= 0.6 is 0 Å². The topological polar surface area (TPSA) is 49.4 Å². The van der Waals surface area contributed by atoms with Gasteiger partial charge in [-0.1, -0.05) is 13.0 Å². The molecule has 1 heterocycles. The number of carbonyl (C=O) groups is 2. The van der Waals surface area contributed by atoms with Crippen molar-refractivity contribution in [2.75, 3.05) is 19.6 Å². The third-order valence-corrected chi connectivity index (χ3v) is 4.29. The summed E-state index contributed by atoms with van der Waals surface area (Å²) in [6.07, 6.45) is 3.28. The lowest BCUT2D eigenvalue weighted by atomic mass is 9.97. The van der Waals surface area contributed by atoms with Crippen molar-refractivity contribution in [1.29, 1.82) is 0 Å². The quantitative estimate of drug-likeness (QED) is 0.907. The van der Waals surface area contributed by atoms with E-state index in [-0.39, 0.29) is 23.5 Å². The zero-order valence-electron chi connectivity index (χ0n) is 13.9. The van der Waals surface area contributed by atoms with Crippen molar-refractivity contribution in [3.05, 3.63) is 35.1 Å². The fourth-order valence-corrected chi connectivity index (χ4v) is 2.90. The van der Waals surface area contributed by atoms with Gasteiger partial charge in [-0.15, -0.1) is 0 Å². The van der Waals surface area contributed by atoms with Crippen LogP contribution in [-0.4, -0.2) is 36.3 Å². The molecule has 0 aliphatic carbocycles. The predicted octanol–water partition coefficient (Wildman–Crippen LogP) is 2.90. The van der Waals surface area contributed by atoms with Crippen molar-refractivity contribution in [1.82, 2.24) is 10.2 Å². The average molecular weight is 320 g/mol. The molecule has 4 nitrogen and oxygen atoms in total. The Hall–Kier alpha value is -1.91. The minimum atomic E-state index is -0.351. The Morgan fingerprint density at radius 2 is 2.17 bits per heavy atom. The monoisotopic (exact) mass is 320 g/mol. The molecule has 1 aromatic rings. The fourth-order valence-electron chi connectivity index (χ4n) is 2.90. The first-order valence-corrected chi connectivity index (χ1v) is 8.33. The summed E-state index contributed by atoms with van der Waals surface area (Å²) >= 11 is 0. The highest BCUT2D eigenvalue weighted by atomic mass is 19.1. The molecule has 0 aromatic heterocycles. The van der Waals surface area contributed by atoms with Crippen molar-refractivity contribution in [2.45, 2.75) is 39.5 Å². The molecular weight excluding hydrogens is 295 g/mol. The Balaban J connectivity index is 1.93. The third kappa shape index (κ3) is 4.78. The Labute approximate surface area is 137 Å². The molecule has 1 fully saturated rings. The fraction of sp³-hybridized carbons (Fsp3) is 0.556. The average Bonchev–Trinajstić information content (AvgIpc) is 2.55. The number of carbonyl (C=O) groups excluding carboxylic acids is 2. The molecule has 2 amide bonds. The van der Waals surface area contributed by atoms with Gasteiger partial charge < -0.3 is 10.2 Å². The van der Waals surface area contributed by atoms with Gasteiger partial charge in [-0.2, -0.15) is 0 Å². The van der Waals surface area contributed by atoms with E-state index in [4.69, 9.17) is 0 Å². The van der Waals surface area contributed by atoms with Crippen LogP contribution < -0.4 is 5.32 Å². The number of hydrogen-bond donors (Lipinski definition) is 1. The molecule has 1 atom stereocenters. The normalized spacial score (nSPS) is 17.9. The second-order valence-corrected chi connectivity index (χ2v) is 6.28. The summed E-state index contributed by atoms with van der Waals surface area (Å²) in [5.41, 5.74) is 0.931. The van der Waals surface area contributed by atoms with Crippen molar-refractivity contribution in [3.63, 3.8) is 0 Å². The van der Waals surface area contributed by atoms with E-state index in [2.05, 4.69) is 5.32 Å². The molecule has 0 saturated carbocycles. The molecule has 0 spiro atoms. The minimum Gasteiger partial charge on any atom is -0.356 e. The number of likely N-dealkylation sites (tertiary alicyclic amines) is 1. The molecular formula is C18H25FN2O2. The number of benzene rings is 1. The smallest absolute Gasteiger partial charge is 0.253 e. The van der Waals surface area contributed by atoms with Crippen LogP contribution in [0.25, 0.3) is 0 Å². The van der Waals surface area contributed by atoms with Gasteiger partial charge in [-0.25, -0.2) is 4.39 Å². The SMILES string of the molecule is CCCC(=O)NC[C@H]1CCCN(C(=O)c2ccc(C)c(F)c2)C1. The zero-order valence-corrected chi connectivity index (χ0v) is 13.9. The first-order chi connectivity index (χ1) is 11.0. The number of aryl methyl sites for hydroxylation is 1. The highest BCUT2D eigenvalue weighted by Crippen LogP contribution is 2.19. The number of hydrogen-bond acceptors (Lipinski definition) is 2. The standard InChI is InChI=1S/C18H25FN2O2/c1-3-5-17(22)20-11-14-6-4-9-21(12-14)18(23)15-8-7-13(2)16(19)10-15/h7-8,10,14H,3-6,9,11-12H2,1-2H3,(H,20,22)/t14-/m1/s1. The van der Waals surface area contributed by atoms with Gasteiger partial charge in [0.05, 0.1) is 0 Å². The van der Waals surface area contributed by atoms with E-state index in [1.54, 1.807) is 24.0 Å². The van der Waals surface area contributed by atoms with Crippen LogP contribution in [-0.2, 0) is 4.79 Å². The van der Waals surface area contributed by atoms with Gasteiger partial charge in [0, 0.05) is 31.6 Å². The number of nitrogens with one attached hydrogen (secondary N) is 1. The van der Waals surface area contributed by atoms with E-state index in [9.17, 15) is 14.0 Å². The molecule has 1 aliphatic heterocycles. The first kappa shape index (κ1) is 17.4. The van der Waals surface area contributed by atoms with E-state index in [0.717, 1.165) is 19.3 Å². The lowest BCUT2D eigenvalue weighted by Crippen LogP contribution is -2.43. The summed E-state index contributed by atoms with van der Waals surface area (Å²) in [6.45, 7) is 5.56. The van der Waals surface area contributed by atoms with E-state index in [0.29, 0.717) is 37.2 Å². The summed E-state index contributed by atoms with van der Waals surface area (Å²) in [5.74, 6) is -0.148. The summed E-state index contributed by atoms with van der Waals surface area (Å²) in [7, 11) is 0. The van der Waals surface area contributed by atoms with Gasteiger partial charge in [-0.05, 0) is 49.8 Å². The molecule has 1 saturated heterocycles. The number of amides is 2. The Bertz CT molecular complexity index is 574. The lowest BCUT2D eigenvalue weighted by molar-refractivity contribution is -0.121. The highest BCUT2D eigenvalue weighted by Gasteiger charge is 2.25. The maximum absolute atomic E-state index is 13.6. The van der Waals surface area contributed by atoms with Crippen LogP contribution in [0.2, 0.25) is 0 Å². The molecule has 1 aliphatic rings. The summed E-state index contributed by atoms with van der Waals surface area (Å²) in [5, 5.41) is 2.93. The maximum atomic E-state index is 13.6. The van der Waals surface area contributed by atoms with Crippen LogP contribution in [0, 0.1) is 18.7 Å². The van der Waals surface area contributed by atoms with E-state index in [1.807, 2.05) is 6.92 Å². The second-order valence-electron chi connectivity index (χ2n) is 6.28. The van der Waals surface area contributed by atoms with Gasteiger partial charge in [-0.3, -0.25) is 9.59 Å². The summed E-state index contributed by atoms with van der Waals surface area (Å²) in [4.78, 5) is 25.8. The molecule has 0 bridgehead atoms. The van der Waals surface area contributed by atoms with Gasteiger partial charge in [0.1, 0.15) is 5.82 Å². The third-order valence-electron chi connectivity index (χ3n) is 4.29. The zero-order chi connectivity index (χ0) is 16.8. The van der Waals surface area contributed by atoms with E-state index >= 15 is 0 Å². The van der Waals surface area contributed by atoms with Crippen LogP contribution in [0.4, 0.5) is 4.39 Å². The van der Waals surface area contributed by atoms with Crippen molar-refractivity contribution in [3.8, 4) is 0 Å². The second kappa shape index (κ2) is 8.09. The molecule has 1 N–H and O–H groups in total. The molecule has 1 aromatic carbocycles. The van der Waals surface area contributed by atoms with Crippen LogP contribution in [0.5, 0.6) is 0 Å². The van der Waals surface area contributed by atoms with Crippen LogP contribution in [0.15, 0.2) is 18.2 Å². The Kier molecular flexibility index (Phi) is 6.13. The van der Waals surface area contributed by atoms with Gasteiger partial charge in [0.25, 0.3) is 5.91 Å². The maximum Gasteiger partial charge on any atom is 0.253 e. The number of nitrogens with zero attached hydrogens (tertiary/aromatic N) is 1. The molecule has 23 heavy (non-hydrogen) atoms.